The lowest BCUT2D eigenvalue weighted by Crippen LogP contribution is -2.44. The lowest BCUT2D eigenvalue weighted by molar-refractivity contribution is 0.0936. The SMILES string of the molecule is CCCn1c(N)c(C(=O)CN(C)CCOc2ccc(Cl)cc2)c(=O)n(C)c1=O. The number of rotatable bonds is 9. The zero-order valence-corrected chi connectivity index (χ0v) is 17.0. The Morgan fingerprint density at radius 3 is 2.50 bits per heavy atom. The van der Waals surface area contributed by atoms with Gasteiger partial charge in [0.15, 0.2) is 5.78 Å². The number of nitrogens with zero attached hydrogens (tertiary/aromatic N) is 3. The third-order valence-corrected chi connectivity index (χ3v) is 4.53. The highest BCUT2D eigenvalue weighted by Crippen LogP contribution is 2.15. The molecule has 1 heterocycles. The minimum absolute atomic E-state index is 0.0201. The van der Waals surface area contributed by atoms with Crippen molar-refractivity contribution < 1.29 is 9.53 Å². The van der Waals surface area contributed by atoms with E-state index in [2.05, 4.69) is 0 Å². The molecule has 0 radical (unpaired) electrons. The van der Waals surface area contributed by atoms with E-state index in [9.17, 15) is 14.4 Å². The van der Waals surface area contributed by atoms with Gasteiger partial charge in [-0.05, 0) is 37.7 Å². The van der Waals surface area contributed by atoms with Crippen LogP contribution in [0.5, 0.6) is 5.75 Å². The largest absolute Gasteiger partial charge is 0.492 e. The van der Waals surface area contributed by atoms with Crippen LogP contribution >= 0.6 is 11.6 Å². The third kappa shape index (κ3) is 5.02. The van der Waals surface area contributed by atoms with Crippen LogP contribution < -0.4 is 21.7 Å². The molecule has 1 aromatic carbocycles. The lowest BCUT2D eigenvalue weighted by atomic mass is 10.1. The molecule has 0 aliphatic rings. The van der Waals surface area contributed by atoms with Gasteiger partial charge in [-0.2, -0.15) is 0 Å². The molecule has 9 heteroatoms. The second-order valence-electron chi connectivity index (χ2n) is 6.52. The standard InChI is InChI=1S/C19H25ClN4O4/c1-4-9-24-17(21)16(18(26)23(3)19(24)27)15(25)12-22(2)10-11-28-14-7-5-13(20)6-8-14/h5-8H,4,9-12,21H2,1-3H3. The van der Waals surface area contributed by atoms with E-state index in [1.807, 2.05) is 6.92 Å². The first-order valence-electron chi connectivity index (χ1n) is 8.95. The van der Waals surface area contributed by atoms with Gasteiger partial charge in [0.25, 0.3) is 5.56 Å². The number of nitrogen functional groups attached to an aromatic ring is 1. The fourth-order valence-electron chi connectivity index (χ4n) is 2.74. The number of ketones is 1. The molecule has 0 saturated carbocycles. The highest BCUT2D eigenvalue weighted by atomic mass is 35.5. The summed E-state index contributed by atoms with van der Waals surface area (Å²) in [6, 6.07) is 6.98. The van der Waals surface area contributed by atoms with E-state index in [1.165, 1.54) is 11.6 Å². The van der Waals surface area contributed by atoms with E-state index in [-0.39, 0.29) is 17.9 Å². The minimum atomic E-state index is -0.675. The van der Waals surface area contributed by atoms with E-state index in [0.29, 0.717) is 36.9 Å². The van der Waals surface area contributed by atoms with Gasteiger partial charge in [-0.15, -0.1) is 0 Å². The van der Waals surface area contributed by atoms with Crippen LogP contribution in [0.4, 0.5) is 5.82 Å². The van der Waals surface area contributed by atoms with Gasteiger partial charge in [0.1, 0.15) is 23.7 Å². The molecule has 0 unspecified atom stereocenters. The maximum Gasteiger partial charge on any atom is 0.332 e. The highest BCUT2D eigenvalue weighted by molar-refractivity contribution is 6.30. The average Bonchev–Trinajstić information content (AvgIpc) is 2.65. The number of benzene rings is 1. The van der Waals surface area contributed by atoms with Crippen molar-refractivity contribution in [3.05, 3.63) is 55.7 Å². The van der Waals surface area contributed by atoms with Crippen LogP contribution in [0.15, 0.2) is 33.9 Å². The summed E-state index contributed by atoms with van der Waals surface area (Å²) in [5, 5.41) is 0.624. The van der Waals surface area contributed by atoms with Crippen LogP contribution in [0.25, 0.3) is 0 Å². The van der Waals surface area contributed by atoms with Crippen molar-refractivity contribution in [1.82, 2.24) is 14.0 Å². The highest BCUT2D eigenvalue weighted by Gasteiger charge is 2.22. The normalized spacial score (nSPS) is 11.0. The number of carbonyl (C=O) groups excluding carboxylic acids is 1. The maximum absolute atomic E-state index is 12.7. The summed E-state index contributed by atoms with van der Waals surface area (Å²) in [5.41, 5.74) is 4.63. The maximum atomic E-state index is 12.7. The molecule has 2 aromatic rings. The molecule has 8 nitrogen and oxygen atoms in total. The smallest absolute Gasteiger partial charge is 0.332 e. The number of aromatic nitrogens is 2. The Bertz CT molecular complexity index is 950. The van der Waals surface area contributed by atoms with Gasteiger partial charge in [-0.1, -0.05) is 18.5 Å². The zero-order valence-electron chi connectivity index (χ0n) is 16.3. The van der Waals surface area contributed by atoms with Gasteiger partial charge in [-0.25, -0.2) is 4.79 Å². The molecule has 0 bridgehead atoms. The number of halogens is 1. The number of nitrogens with two attached hydrogens (primary N) is 1. The predicted molar refractivity (Wildman–Crippen MR) is 109 cm³/mol. The number of hydrogen-bond acceptors (Lipinski definition) is 6. The van der Waals surface area contributed by atoms with Gasteiger partial charge in [-0.3, -0.25) is 23.6 Å². The van der Waals surface area contributed by atoms with Gasteiger partial charge < -0.3 is 10.5 Å². The van der Waals surface area contributed by atoms with Crippen molar-refractivity contribution in [2.45, 2.75) is 19.9 Å². The topological polar surface area (TPSA) is 99.6 Å². The van der Waals surface area contributed by atoms with Crippen molar-refractivity contribution in [3.63, 3.8) is 0 Å². The molecule has 0 atom stereocenters. The molecular weight excluding hydrogens is 384 g/mol. The van der Waals surface area contributed by atoms with E-state index in [4.69, 9.17) is 22.1 Å². The van der Waals surface area contributed by atoms with Gasteiger partial charge in [0.05, 0.1) is 6.54 Å². The molecule has 0 fully saturated rings. The molecule has 28 heavy (non-hydrogen) atoms. The second kappa shape index (κ2) is 9.57. The summed E-state index contributed by atoms with van der Waals surface area (Å²) in [7, 11) is 3.09. The van der Waals surface area contributed by atoms with Gasteiger partial charge in [0.2, 0.25) is 0 Å². The fraction of sp³-hybridized carbons (Fsp3) is 0.421. The predicted octanol–water partition coefficient (Wildman–Crippen LogP) is 1.39. The van der Waals surface area contributed by atoms with Crippen LogP contribution in [0.3, 0.4) is 0 Å². The van der Waals surface area contributed by atoms with Crippen molar-refractivity contribution in [1.29, 1.82) is 0 Å². The van der Waals surface area contributed by atoms with E-state index < -0.39 is 17.0 Å². The zero-order chi connectivity index (χ0) is 20.8. The van der Waals surface area contributed by atoms with Crippen LogP contribution in [-0.4, -0.2) is 46.6 Å². The van der Waals surface area contributed by atoms with Gasteiger partial charge >= 0.3 is 5.69 Å². The summed E-state index contributed by atoms with van der Waals surface area (Å²) in [6.45, 7) is 3.02. The molecule has 0 aliphatic carbocycles. The Morgan fingerprint density at radius 2 is 1.89 bits per heavy atom. The first-order chi connectivity index (χ1) is 13.3. The molecule has 1 aromatic heterocycles. The molecule has 2 N–H and O–H groups in total. The van der Waals surface area contributed by atoms with Crippen molar-refractivity contribution in [3.8, 4) is 5.75 Å². The summed E-state index contributed by atoms with van der Waals surface area (Å²) < 4.78 is 7.79. The Labute approximate surface area is 168 Å². The molecule has 0 saturated heterocycles. The summed E-state index contributed by atoms with van der Waals surface area (Å²) in [4.78, 5) is 39.0. The first kappa shape index (κ1) is 21.7. The number of carbonyl (C=O) groups is 1. The van der Waals surface area contributed by atoms with Crippen molar-refractivity contribution >= 4 is 23.2 Å². The van der Waals surface area contributed by atoms with E-state index in [1.54, 1.807) is 36.2 Å². The molecule has 0 amide bonds. The van der Waals surface area contributed by atoms with Gasteiger partial charge in [0, 0.05) is 25.2 Å². The number of likely N-dealkylation sites (N-methyl/N-ethyl adjacent to an activating group) is 1. The van der Waals surface area contributed by atoms with Crippen LogP contribution in [-0.2, 0) is 13.6 Å². The van der Waals surface area contributed by atoms with Crippen LogP contribution in [0.1, 0.15) is 23.7 Å². The Hall–Kier alpha value is -2.58. The molecule has 0 spiro atoms. The summed E-state index contributed by atoms with van der Waals surface area (Å²) >= 11 is 5.83. The van der Waals surface area contributed by atoms with E-state index >= 15 is 0 Å². The molecular formula is C19H25ClN4O4. The molecule has 2 rings (SSSR count). The van der Waals surface area contributed by atoms with Crippen molar-refractivity contribution in [2.24, 2.45) is 7.05 Å². The van der Waals surface area contributed by atoms with Crippen LogP contribution in [0, 0.1) is 0 Å². The summed E-state index contributed by atoms with van der Waals surface area (Å²) in [5.74, 6) is 0.164. The number of Topliss-reactive ketones (excluding diaryl/α,β-unsaturated/α-hetero) is 1. The van der Waals surface area contributed by atoms with E-state index in [0.717, 1.165) is 4.57 Å². The van der Waals surface area contributed by atoms with Crippen molar-refractivity contribution in [2.75, 3.05) is 32.5 Å². The average molecular weight is 409 g/mol. The summed E-state index contributed by atoms with van der Waals surface area (Å²) in [6.07, 6.45) is 0.651. The lowest BCUT2D eigenvalue weighted by Gasteiger charge is -2.18. The third-order valence-electron chi connectivity index (χ3n) is 4.28. The minimum Gasteiger partial charge on any atom is -0.492 e. The fourth-order valence-corrected chi connectivity index (χ4v) is 2.86. The second-order valence-corrected chi connectivity index (χ2v) is 6.96. The number of hydrogen-bond donors (Lipinski definition) is 1. The first-order valence-corrected chi connectivity index (χ1v) is 9.33. The Morgan fingerprint density at radius 1 is 1.25 bits per heavy atom. The monoisotopic (exact) mass is 408 g/mol. The van der Waals surface area contributed by atoms with Crippen LogP contribution in [0.2, 0.25) is 5.02 Å². The molecule has 0 aliphatic heterocycles. The number of ether oxygens (including phenoxy) is 1. The Balaban J connectivity index is 2.06. The molecule has 152 valence electrons. The number of anilines is 1. The Kier molecular flexibility index (Phi) is 7.42. The quantitative estimate of drug-likeness (QED) is 0.629.